The molecule has 1 saturated carbocycles. The van der Waals surface area contributed by atoms with E-state index in [1.54, 1.807) is 9.58 Å². The van der Waals surface area contributed by atoms with Crippen molar-refractivity contribution in [2.45, 2.75) is 58.2 Å². The lowest BCUT2D eigenvalue weighted by Gasteiger charge is -2.43. The molecule has 0 radical (unpaired) electrons. The topological polar surface area (TPSA) is 67.2 Å². The molecule has 0 unspecified atom stereocenters. The van der Waals surface area contributed by atoms with Gasteiger partial charge in [-0.3, -0.25) is 14.3 Å². The van der Waals surface area contributed by atoms with Crippen LogP contribution < -0.4 is 5.32 Å². The molecule has 2 amide bonds. The summed E-state index contributed by atoms with van der Waals surface area (Å²) in [5.74, 6) is -0.116. The number of carbonyl (C=O) groups excluding carboxylic acids is 2. The number of fused-ring (bicyclic) bond motifs is 1. The first kappa shape index (κ1) is 14.1. The van der Waals surface area contributed by atoms with Crippen LogP contribution in [0.1, 0.15) is 48.8 Å². The number of hydrogen-bond acceptors (Lipinski definition) is 3. The second-order valence-corrected chi connectivity index (χ2v) is 5.95. The van der Waals surface area contributed by atoms with Crippen molar-refractivity contribution in [2.75, 3.05) is 6.54 Å². The summed E-state index contributed by atoms with van der Waals surface area (Å²) in [6, 6.07) is 2.06. The number of rotatable bonds is 2. The minimum Gasteiger partial charge on any atom is -0.350 e. The van der Waals surface area contributed by atoms with Crippen LogP contribution in [0.5, 0.6) is 0 Å². The maximum Gasteiger partial charge on any atom is 0.272 e. The molecule has 1 aromatic heterocycles. The van der Waals surface area contributed by atoms with Gasteiger partial charge < -0.3 is 10.2 Å². The number of nitrogens with zero attached hydrogens (tertiary/aromatic N) is 3. The van der Waals surface area contributed by atoms with Crippen molar-refractivity contribution < 1.29 is 9.59 Å². The molecule has 1 N–H and O–H groups in total. The molecule has 0 bridgehead atoms. The molecule has 1 aliphatic heterocycles. The first-order valence-corrected chi connectivity index (χ1v) is 7.75. The average Bonchev–Trinajstić information content (AvgIpc) is 2.86. The molecular formula is C15H22N4O2. The molecule has 6 nitrogen and oxygen atoms in total. The van der Waals surface area contributed by atoms with E-state index in [1.807, 2.05) is 19.9 Å². The fourth-order valence-corrected chi connectivity index (χ4v) is 3.51. The van der Waals surface area contributed by atoms with Crippen molar-refractivity contribution in [3.05, 3.63) is 17.5 Å². The number of aryl methyl sites for hydroxylation is 2. The average molecular weight is 290 g/mol. The number of carbonyl (C=O) groups is 2. The van der Waals surface area contributed by atoms with Gasteiger partial charge in [0, 0.05) is 12.6 Å². The molecule has 0 aromatic carbocycles. The Balaban J connectivity index is 1.89. The van der Waals surface area contributed by atoms with E-state index in [4.69, 9.17) is 0 Å². The molecular weight excluding hydrogens is 268 g/mol. The standard InChI is InChI=1S/C15H22N4O2/c1-3-19-13(8-10(2)17-19)15(21)18-9-14(20)16-11-6-4-5-7-12(11)18/h8,11-12H,3-7,9H2,1-2H3,(H,16,20)/t11-,12-/m1/s1. The van der Waals surface area contributed by atoms with Crippen molar-refractivity contribution in [3.63, 3.8) is 0 Å². The second kappa shape index (κ2) is 5.50. The Morgan fingerprint density at radius 3 is 2.95 bits per heavy atom. The zero-order valence-electron chi connectivity index (χ0n) is 12.6. The van der Waals surface area contributed by atoms with Gasteiger partial charge in [-0.25, -0.2) is 0 Å². The van der Waals surface area contributed by atoms with E-state index in [2.05, 4.69) is 10.4 Å². The van der Waals surface area contributed by atoms with Crippen molar-refractivity contribution >= 4 is 11.8 Å². The van der Waals surface area contributed by atoms with Gasteiger partial charge in [0.25, 0.3) is 5.91 Å². The van der Waals surface area contributed by atoms with Gasteiger partial charge in [0.2, 0.25) is 5.91 Å². The Morgan fingerprint density at radius 2 is 2.19 bits per heavy atom. The predicted octanol–water partition coefficient (Wildman–Crippen LogP) is 1.09. The normalized spacial score (nSPS) is 25.4. The van der Waals surface area contributed by atoms with E-state index in [0.29, 0.717) is 12.2 Å². The van der Waals surface area contributed by atoms with Gasteiger partial charge in [-0.15, -0.1) is 0 Å². The van der Waals surface area contributed by atoms with Crippen LogP contribution in [-0.4, -0.2) is 45.1 Å². The Labute approximate surface area is 124 Å². The highest BCUT2D eigenvalue weighted by atomic mass is 16.2. The summed E-state index contributed by atoms with van der Waals surface area (Å²) < 4.78 is 1.72. The van der Waals surface area contributed by atoms with E-state index in [0.717, 1.165) is 31.4 Å². The van der Waals surface area contributed by atoms with E-state index >= 15 is 0 Å². The Kier molecular flexibility index (Phi) is 3.69. The first-order chi connectivity index (χ1) is 10.1. The van der Waals surface area contributed by atoms with Gasteiger partial charge in [0.05, 0.1) is 11.7 Å². The van der Waals surface area contributed by atoms with Gasteiger partial charge in [-0.05, 0) is 32.8 Å². The molecule has 2 heterocycles. The molecule has 1 aliphatic carbocycles. The number of hydrogen-bond donors (Lipinski definition) is 1. The zero-order valence-corrected chi connectivity index (χ0v) is 12.6. The van der Waals surface area contributed by atoms with Crippen molar-refractivity contribution in [3.8, 4) is 0 Å². The van der Waals surface area contributed by atoms with E-state index in [1.165, 1.54) is 0 Å². The van der Waals surface area contributed by atoms with Crippen LogP contribution in [0.15, 0.2) is 6.07 Å². The summed E-state index contributed by atoms with van der Waals surface area (Å²) >= 11 is 0. The third-order valence-corrected chi connectivity index (χ3v) is 4.47. The van der Waals surface area contributed by atoms with E-state index in [9.17, 15) is 9.59 Å². The lowest BCUT2D eigenvalue weighted by Crippen LogP contribution is -2.63. The van der Waals surface area contributed by atoms with Crippen LogP contribution in [0.25, 0.3) is 0 Å². The summed E-state index contributed by atoms with van der Waals surface area (Å²) in [6.45, 7) is 4.67. The smallest absolute Gasteiger partial charge is 0.272 e. The Bertz CT molecular complexity index is 566. The number of aromatic nitrogens is 2. The highest BCUT2D eigenvalue weighted by Crippen LogP contribution is 2.27. The SMILES string of the molecule is CCn1nc(C)cc1C(=O)N1CC(=O)N[C@@H]2CCCC[C@H]21. The van der Waals surface area contributed by atoms with Crippen LogP contribution in [0, 0.1) is 6.92 Å². The molecule has 21 heavy (non-hydrogen) atoms. The van der Waals surface area contributed by atoms with Gasteiger partial charge in [-0.1, -0.05) is 12.8 Å². The van der Waals surface area contributed by atoms with Crippen molar-refractivity contribution in [1.82, 2.24) is 20.0 Å². The van der Waals surface area contributed by atoms with Gasteiger partial charge in [0.15, 0.2) is 0 Å². The lowest BCUT2D eigenvalue weighted by molar-refractivity contribution is -0.127. The number of piperazine rings is 1. The number of amides is 2. The quantitative estimate of drug-likeness (QED) is 0.886. The van der Waals surface area contributed by atoms with E-state index < -0.39 is 0 Å². The molecule has 2 aliphatic rings. The Hall–Kier alpha value is -1.85. The molecule has 1 saturated heterocycles. The summed E-state index contributed by atoms with van der Waals surface area (Å²) in [4.78, 5) is 26.5. The van der Waals surface area contributed by atoms with Crippen LogP contribution in [0.2, 0.25) is 0 Å². The van der Waals surface area contributed by atoms with Crippen molar-refractivity contribution in [2.24, 2.45) is 0 Å². The third-order valence-electron chi connectivity index (χ3n) is 4.47. The molecule has 2 fully saturated rings. The summed E-state index contributed by atoms with van der Waals surface area (Å²) in [6.07, 6.45) is 4.17. The van der Waals surface area contributed by atoms with Crippen LogP contribution in [-0.2, 0) is 11.3 Å². The summed E-state index contributed by atoms with van der Waals surface area (Å²) in [7, 11) is 0. The molecule has 1 aromatic rings. The first-order valence-electron chi connectivity index (χ1n) is 7.75. The fourth-order valence-electron chi connectivity index (χ4n) is 3.51. The fraction of sp³-hybridized carbons (Fsp3) is 0.667. The van der Waals surface area contributed by atoms with Gasteiger partial charge >= 0.3 is 0 Å². The number of nitrogens with one attached hydrogen (secondary N) is 1. The second-order valence-electron chi connectivity index (χ2n) is 5.95. The minimum absolute atomic E-state index is 0.0502. The third kappa shape index (κ3) is 2.54. The molecule has 0 spiro atoms. The van der Waals surface area contributed by atoms with Crippen LogP contribution in [0.3, 0.4) is 0 Å². The van der Waals surface area contributed by atoms with Gasteiger partial charge in [0.1, 0.15) is 12.2 Å². The largest absolute Gasteiger partial charge is 0.350 e. The highest BCUT2D eigenvalue weighted by Gasteiger charge is 2.39. The predicted molar refractivity (Wildman–Crippen MR) is 77.9 cm³/mol. The van der Waals surface area contributed by atoms with Gasteiger partial charge in [-0.2, -0.15) is 5.10 Å². The minimum atomic E-state index is -0.0656. The highest BCUT2D eigenvalue weighted by molar-refractivity contribution is 5.96. The van der Waals surface area contributed by atoms with E-state index in [-0.39, 0.29) is 30.4 Å². The molecule has 114 valence electrons. The summed E-state index contributed by atoms with van der Waals surface area (Å²) in [5.41, 5.74) is 1.43. The molecule has 3 rings (SSSR count). The Morgan fingerprint density at radius 1 is 1.43 bits per heavy atom. The maximum absolute atomic E-state index is 12.9. The van der Waals surface area contributed by atoms with Crippen LogP contribution >= 0.6 is 0 Å². The molecule has 6 heteroatoms. The lowest BCUT2D eigenvalue weighted by atomic mass is 9.87. The monoisotopic (exact) mass is 290 g/mol. The van der Waals surface area contributed by atoms with Crippen molar-refractivity contribution in [1.29, 1.82) is 0 Å². The maximum atomic E-state index is 12.9. The summed E-state index contributed by atoms with van der Waals surface area (Å²) in [5, 5.41) is 7.37. The van der Waals surface area contributed by atoms with Crippen LogP contribution in [0.4, 0.5) is 0 Å². The zero-order chi connectivity index (χ0) is 15.0. The molecule has 2 atom stereocenters.